The van der Waals surface area contributed by atoms with Crippen molar-refractivity contribution in [3.8, 4) is 11.5 Å². The number of methoxy groups -OCH3 is 1. The van der Waals surface area contributed by atoms with E-state index in [-0.39, 0.29) is 0 Å². The van der Waals surface area contributed by atoms with Crippen LogP contribution in [0.15, 0.2) is 42.5 Å². The molecule has 0 amide bonds. The normalized spacial score (nSPS) is 10.3. The molecule has 0 heterocycles. The van der Waals surface area contributed by atoms with Gasteiger partial charge in [0.15, 0.2) is 0 Å². The highest BCUT2D eigenvalue weighted by Crippen LogP contribution is 2.30. The molecule has 4 heteroatoms. The van der Waals surface area contributed by atoms with Crippen LogP contribution >= 0.6 is 23.2 Å². The summed E-state index contributed by atoms with van der Waals surface area (Å²) in [5.74, 6) is 1.84. The van der Waals surface area contributed by atoms with E-state index in [0.29, 0.717) is 23.3 Å². The summed E-state index contributed by atoms with van der Waals surface area (Å²) in [6.07, 6.45) is 0. The van der Waals surface area contributed by atoms with Crippen LogP contribution in [-0.4, -0.2) is 7.11 Å². The maximum Gasteiger partial charge on any atom is 0.142 e. The number of hydrogen-bond acceptors (Lipinski definition) is 2. The Balaban J connectivity index is 2.09. The SMILES string of the molecule is COc1ccc(COc2c(Cl)cccc2CCl)cc1. The average Bonchev–Trinajstić information content (AvgIpc) is 2.46. The molecule has 0 saturated carbocycles. The molecular formula is C15H14Cl2O2. The Bertz CT molecular complexity index is 538. The topological polar surface area (TPSA) is 18.5 Å². The first-order valence-corrected chi connectivity index (χ1v) is 6.75. The Kier molecular flexibility index (Phi) is 4.94. The standard InChI is InChI=1S/C15H14Cl2O2/c1-18-13-7-5-11(6-8-13)10-19-15-12(9-16)3-2-4-14(15)17/h2-8H,9-10H2,1H3. The molecule has 0 unspecified atom stereocenters. The summed E-state index contributed by atoms with van der Waals surface area (Å²) in [6, 6.07) is 13.3. The van der Waals surface area contributed by atoms with Crippen LogP contribution in [0, 0.1) is 0 Å². The second-order valence-electron chi connectivity index (χ2n) is 4.00. The van der Waals surface area contributed by atoms with Crippen molar-refractivity contribution in [3.05, 3.63) is 58.6 Å². The molecule has 0 fully saturated rings. The van der Waals surface area contributed by atoms with E-state index in [9.17, 15) is 0 Å². The van der Waals surface area contributed by atoms with Crippen LogP contribution in [0.25, 0.3) is 0 Å². The highest BCUT2D eigenvalue weighted by atomic mass is 35.5. The molecule has 2 nitrogen and oxygen atoms in total. The maximum absolute atomic E-state index is 6.12. The highest BCUT2D eigenvalue weighted by Gasteiger charge is 2.07. The first kappa shape index (κ1) is 14.0. The number of para-hydroxylation sites is 1. The van der Waals surface area contributed by atoms with Gasteiger partial charge >= 0.3 is 0 Å². The van der Waals surface area contributed by atoms with Gasteiger partial charge in [0.2, 0.25) is 0 Å². The van der Waals surface area contributed by atoms with Crippen molar-refractivity contribution in [1.29, 1.82) is 0 Å². The van der Waals surface area contributed by atoms with Gasteiger partial charge in [-0.05, 0) is 23.8 Å². The summed E-state index contributed by atoms with van der Waals surface area (Å²) < 4.78 is 10.9. The molecule has 19 heavy (non-hydrogen) atoms. The minimum atomic E-state index is 0.374. The monoisotopic (exact) mass is 296 g/mol. The second kappa shape index (κ2) is 6.69. The van der Waals surface area contributed by atoms with Gasteiger partial charge in [-0.2, -0.15) is 0 Å². The predicted octanol–water partition coefficient (Wildman–Crippen LogP) is 4.67. The molecule has 0 aliphatic heterocycles. The molecular weight excluding hydrogens is 283 g/mol. The summed E-state index contributed by atoms with van der Waals surface area (Å²) in [4.78, 5) is 0. The summed E-state index contributed by atoms with van der Waals surface area (Å²) in [5.41, 5.74) is 1.93. The second-order valence-corrected chi connectivity index (χ2v) is 4.67. The molecule has 0 radical (unpaired) electrons. The molecule has 2 rings (SSSR count). The lowest BCUT2D eigenvalue weighted by molar-refractivity contribution is 0.304. The molecule has 2 aromatic rings. The minimum Gasteiger partial charge on any atom is -0.497 e. The summed E-state index contributed by atoms with van der Waals surface area (Å²) >= 11 is 12.0. The highest BCUT2D eigenvalue weighted by molar-refractivity contribution is 6.32. The lowest BCUT2D eigenvalue weighted by Gasteiger charge is -2.12. The van der Waals surface area contributed by atoms with Gasteiger partial charge in [-0.3, -0.25) is 0 Å². The molecule has 0 aliphatic carbocycles. The molecule has 0 aliphatic rings. The van der Waals surface area contributed by atoms with E-state index in [4.69, 9.17) is 32.7 Å². The molecule has 0 saturated heterocycles. The molecule has 0 spiro atoms. The minimum absolute atomic E-state index is 0.374. The number of benzene rings is 2. The molecule has 0 atom stereocenters. The van der Waals surface area contributed by atoms with Crippen molar-refractivity contribution in [3.63, 3.8) is 0 Å². The lowest BCUT2D eigenvalue weighted by Crippen LogP contribution is -1.98. The van der Waals surface area contributed by atoms with Crippen LogP contribution in [0.3, 0.4) is 0 Å². The molecule has 0 bridgehead atoms. The molecule has 100 valence electrons. The van der Waals surface area contributed by atoms with Gasteiger partial charge in [0, 0.05) is 5.56 Å². The van der Waals surface area contributed by atoms with Gasteiger partial charge in [0.1, 0.15) is 18.1 Å². The average molecular weight is 297 g/mol. The third-order valence-electron chi connectivity index (χ3n) is 2.73. The van der Waals surface area contributed by atoms with Crippen molar-refractivity contribution in [2.24, 2.45) is 0 Å². The number of alkyl halides is 1. The Labute approximate surface area is 122 Å². The first-order valence-electron chi connectivity index (χ1n) is 5.83. The van der Waals surface area contributed by atoms with E-state index >= 15 is 0 Å². The molecule has 0 N–H and O–H groups in total. The van der Waals surface area contributed by atoms with Crippen LogP contribution in [0.4, 0.5) is 0 Å². The summed E-state index contributed by atoms with van der Waals surface area (Å²) in [7, 11) is 1.64. The smallest absolute Gasteiger partial charge is 0.142 e. The molecule has 2 aromatic carbocycles. The van der Waals surface area contributed by atoms with Gasteiger partial charge in [-0.15, -0.1) is 11.6 Å². The van der Waals surface area contributed by atoms with E-state index in [1.165, 1.54) is 0 Å². The van der Waals surface area contributed by atoms with E-state index in [0.717, 1.165) is 16.9 Å². The van der Waals surface area contributed by atoms with Gasteiger partial charge in [-0.1, -0.05) is 35.9 Å². The zero-order valence-corrected chi connectivity index (χ0v) is 12.0. The Morgan fingerprint density at radius 3 is 2.42 bits per heavy atom. The van der Waals surface area contributed by atoms with E-state index in [2.05, 4.69) is 0 Å². The summed E-state index contributed by atoms with van der Waals surface area (Å²) in [5, 5.41) is 0.576. The Morgan fingerprint density at radius 2 is 1.79 bits per heavy atom. The van der Waals surface area contributed by atoms with Crippen molar-refractivity contribution in [2.45, 2.75) is 12.5 Å². The lowest BCUT2D eigenvalue weighted by atomic mass is 10.2. The van der Waals surface area contributed by atoms with E-state index in [1.807, 2.05) is 36.4 Å². The Hall–Kier alpha value is -1.38. The van der Waals surface area contributed by atoms with E-state index < -0.39 is 0 Å². The van der Waals surface area contributed by atoms with Gasteiger partial charge in [-0.25, -0.2) is 0 Å². The fraction of sp³-hybridized carbons (Fsp3) is 0.200. The van der Waals surface area contributed by atoms with Crippen molar-refractivity contribution in [1.82, 2.24) is 0 Å². The van der Waals surface area contributed by atoms with Crippen LogP contribution < -0.4 is 9.47 Å². The zero-order chi connectivity index (χ0) is 13.7. The quantitative estimate of drug-likeness (QED) is 0.747. The maximum atomic E-state index is 6.12. The van der Waals surface area contributed by atoms with Crippen molar-refractivity contribution >= 4 is 23.2 Å². The number of ether oxygens (including phenoxy) is 2. The van der Waals surface area contributed by atoms with Crippen LogP contribution in [0.1, 0.15) is 11.1 Å². The number of hydrogen-bond donors (Lipinski definition) is 0. The Morgan fingerprint density at radius 1 is 1.05 bits per heavy atom. The van der Waals surface area contributed by atoms with Gasteiger partial charge in [0.25, 0.3) is 0 Å². The van der Waals surface area contributed by atoms with Gasteiger partial charge in [0.05, 0.1) is 18.0 Å². The van der Waals surface area contributed by atoms with Crippen molar-refractivity contribution in [2.75, 3.05) is 7.11 Å². The number of halogens is 2. The predicted molar refractivity (Wildman–Crippen MR) is 78.3 cm³/mol. The van der Waals surface area contributed by atoms with Crippen LogP contribution in [0.5, 0.6) is 11.5 Å². The fourth-order valence-corrected chi connectivity index (χ4v) is 2.16. The fourth-order valence-electron chi connectivity index (χ4n) is 1.70. The van der Waals surface area contributed by atoms with Crippen LogP contribution in [-0.2, 0) is 12.5 Å². The largest absolute Gasteiger partial charge is 0.497 e. The summed E-state index contributed by atoms with van der Waals surface area (Å²) in [6.45, 7) is 0.442. The zero-order valence-electron chi connectivity index (χ0n) is 10.5. The van der Waals surface area contributed by atoms with Crippen molar-refractivity contribution < 1.29 is 9.47 Å². The van der Waals surface area contributed by atoms with Gasteiger partial charge < -0.3 is 9.47 Å². The third kappa shape index (κ3) is 3.55. The first-order chi connectivity index (χ1) is 9.24. The van der Waals surface area contributed by atoms with E-state index in [1.54, 1.807) is 13.2 Å². The van der Waals surface area contributed by atoms with Crippen LogP contribution in [0.2, 0.25) is 5.02 Å². The molecule has 0 aromatic heterocycles. The number of rotatable bonds is 5. The third-order valence-corrected chi connectivity index (χ3v) is 3.32.